The van der Waals surface area contributed by atoms with Crippen molar-refractivity contribution in [3.8, 4) is 0 Å². The Labute approximate surface area is 116 Å². The number of hydrogen-bond donors (Lipinski definition) is 1. The second-order valence-electron chi connectivity index (χ2n) is 4.79. The highest BCUT2D eigenvalue weighted by Gasteiger charge is 2.26. The third kappa shape index (κ3) is 3.30. The van der Waals surface area contributed by atoms with Gasteiger partial charge in [-0.05, 0) is 47.7 Å². The van der Waals surface area contributed by atoms with Crippen LogP contribution < -0.4 is 4.72 Å². The van der Waals surface area contributed by atoms with Crippen LogP contribution >= 0.6 is 15.9 Å². The predicted octanol–water partition coefficient (Wildman–Crippen LogP) is 2.70. The molecule has 1 aromatic rings. The van der Waals surface area contributed by atoms with Crippen molar-refractivity contribution < 1.29 is 8.42 Å². The lowest BCUT2D eigenvalue weighted by atomic mass is 10.0. The van der Waals surface area contributed by atoms with Crippen molar-refractivity contribution in [2.75, 3.05) is 0 Å². The summed E-state index contributed by atoms with van der Waals surface area (Å²) >= 11 is 3.23. The van der Waals surface area contributed by atoms with E-state index in [4.69, 9.17) is 0 Å². The van der Waals surface area contributed by atoms with E-state index in [1.807, 2.05) is 6.92 Å². The minimum absolute atomic E-state index is 0.0171. The molecule has 0 saturated heterocycles. The summed E-state index contributed by atoms with van der Waals surface area (Å²) in [6.45, 7) is 1.94. The Morgan fingerprint density at radius 3 is 2.67 bits per heavy atom. The number of pyridine rings is 1. The van der Waals surface area contributed by atoms with Crippen molar-refractivity contribution in [3.63, 3.8) is 0 Å². The monoisotopic (exact) mass is 332 g/mol. The predicted molar refractivity (Wildman–Crippen MR) is 73.7 cm³/mol. The molecule has 1 aromatic heterocycles. The maximum atomic E-state index is 12.2. The molecule has 2 rings (SSSR count). The molecule has 100 valence electrons. The summed E-state index contributed by atoms with van der Waals surface area (Å²) in [4.78, 5) is 4.10. The molecule has 1 aliphatic carbocycles. The molecule has 1 aliphatic rings. The fourth-order valence-electron chi connectivity index (χ4n) is 2.41. The first-order chi connectivity index (χ1) is 8.49. The molecular formula is C12H17BrN2O2S. The van der Waals surface area contributed by atoms with Crippen molar-refractivity contribution in [1.29, 1.82) is 0 Å². The second kappa shape index (κ2) is 5.67. The van der Waals surface area contributed by atoms with E-state index >= 15 is 0 Å². The summed E-state index contributed by atoms with van der Waals surface area (Å²) in [5.41, 5.74) is 0. The van der Waals surface area contributed by atoms with Gasteiger partial charge in [-0.25, -0.2) is 13.1 Å². The van der Waals surface area contributed by atoms with Gasteiger partial charge in [0.2, 0.25) is 10.0 Å². The normalized spacial score (nSPS) is 19.0. The smallest absolute Gasteiger partial charge is 0.242 e. The molecular weight excluding hydrogens is 316 g/mol. The number of rotatable bonds is 4. The summed E-state index contributed by atoms with van der Waals surface area (Å²) in [5.74, 6) is 0.458. The molecule has 6 heteroatoms. The zero-order chi connectivity index (χ0) is 13.2. The average molecular weight is 333 g/mol. The van der Waals surface area contributed by atoms with Crippen LogP contribution in [0.5, 0.6) is 0 Å². The van der Waals surface area contributed by atoms with Crippen LogP contribution in [-0.4, -0.2) is 19.4 Å². The zero-order valence-corrected chi connectivity index (χ0v) is 12.7. The third-order valence-corrected chi connectivity index (χ3v) is 5.40. The van der Waals surface area contributed by atoms with Crippen LogP contribution in [0.3, 0.4) is 0 Å². The maximum Gasteiger partial charge on any atom is 0.242 e. The Morgan fingerprint density at radius 1 is 1.39 bits per heavy atom. The van der Waals surface area contributed by atoms with Gasteiger partial charge in [-0.1, -0.05) is 12.8 Å². The van der Waals surface area contributed by atoms with Crippen LogP contribution in [-0.2, 0) is 10.0 Å². The van der Waals surface area contributed by atoms with Crippen molar-refractivity contribution in [2.24, 2.45) is 5.92 Å². The third-order valence-electron chi connectivity index (χ3n) is 3.44. The summed E-state index contributed by atoms with van der Waals surface area (Å²) < 4.78 is 27.8. The lowest BCUT2D eigenvalue weighted by Crippen LogP contribution is -2.37. The number of nitrogens with one attached hydrogen (secondary N) is 1. The summed E-state index contributed by atoms with van der Waals surface area (Å²) in [6.07, 6.45) is 7.57. The Bertz CT molecular complexity index is 513. The largest absolute Gasteiger partial charge is 0.262 e. The molecule has 1 fully saturated rings. The van der Waals surface area contributed by atoms with Gasteiger partial charge in [0.15, 0.2) is 0 Å². The highest BCUT2D eigenvalue weighted by Crippen LogP contribution is 2.28. The molecule has 0 radical (unpaired) electrons. The van der Waals surface area contributed by atoms with E-state index in [-0.39, 0.29) is 10.9 Å². The first-order valence-corrected chi connectivity index (χ1v) is 8.39. The Balaban J connectivity index is 2.11. The Kier molecular flexibility index (Phi) is 4.40. The van der Waals surface area contributed by atoms with Gasteiger partial charge in [-0.2, -0.15) is 0 Å². The first-order valence-electron chi connectivity index (χ1n) is 6.12. The van der Waals surface area contributed by atoms with Crippen molar-refractivity contribution in [3.05, 3.63) is 22.9 Å². The molecule has 1 saturated carbocycles. The highest BCUT2D eigenvalue weighted by molar-refractivity contribution is 9.10. The molecule has 0 spiro atoms. The topological polar surface area (TPSA) is 59.1 Å². The maximum absolute atomic E-state index is 12.2. The molecule has 0 bridgehead atoms. The summed E-state index contributed by atoms with van der Waals surface area (Å²) in [7, 11) is -3.46. The standard InChI is InChI=1S/C12H17BrN2O2S/c1-9(10-4-2-3-5-10)15-18(16,17)12-6-11(13)7-14-8-12/h6-10,15H,2-5H2,1H3. The van der Waals surface area contributed by atoms with E-state index in [0.717, 1.165) is 12.8 Å². The van der Waals surface area contributed by atoms with Crippen LogP contribution in [0.4, 0.5) is 0 Å². The minimum Gasteiger partial charge on any atom is -0.262 e. The van der Waals surface area contributed by atoms with Crippen molar-refractivity contribution >= 4 is 26.0 Å². The van der Waals surface area contributed by atoms with E-state index in [0.29, 0.717) is 10.4 Å². The van der Waals surface area contributed by atoms with Gasteiger partial charge >= 0.3 is 0 Å². The van der Waals surface area contributed by atoms with Gasteiger partial charge < -0.3 is 0 Å². The van der Waals surface area contributed by atoms with Gasteiger partial charge in [0, 0.05) is 22.9 Å². The van der Waals surface area contributed by atoms with Gasteiger partial charge in [0.25, 0.3) is 0 Å². The molecule has 18 heavy (non-hydrogen) atoms. The van der Waals surface area contributed by atoms with Crippen LogP contribution in [0.15, 0.2) is 27.8 Å². The molecule has 4 nitrogen and oxygen atoms in total. The number of halogens is 1. The molecule has 1 atom stereocenters. The van der Waals surface area contributed by atoms with E-state index in [1.54, 1.807) is 12.3 Å². The van der Waals surface area contributed by atoms with Crippen LogP contribution in [0, 0.1) is 5.92 Å². The quantitative estimate of drug-likeness (QED) is 0.922. The summed E-state index contributed by atoms with van der Waals surface area (Å²) in [5, 5.41) is 0. The van der Waals surface area contributed by atoms with Crippen LogP contribution in [0.1, 0.15) is 32.6 Å². The van der Waals surface area contributed by atoms with Gasteiger partial charge in [0.1, 0.15) is 4.90 Å². The molecule has 0 amide bonds. The Morgan fingerprint density at radius 2 is 2.06 bits per heavy atom. The van der Waals surface area contributed by atoms with Crippen LogP contribution in [0.25, 0.3) is 0 Å². The zero-order valence-electron chi connectivity index (χ0n) is 10.3. The van der Waals surface area contributed by atoms with Gasteiger partial charge in [-0.3, -0.25) is 4.98 Å². The molecule has 1 N–H and O–H groups in total. The fraction of sp³-hybridized carbons (Fsp3) is 0.583. The van der Waals surface area contributed by atoms with Crippen LogP contribution in [0.2, 0.25) is 0 Å². The molecule has 1 heterocycles. The number of nitrogens with zero attached hydrogens (tertiary/aromatic N) is 1. The molecule has 0 aliphatic heterocycles. The van der Waals surface area contributed by atoms with E-state index < -0.39 is 10.0 Å². The lowest BCUT2D eigenvalue weighted by Gasteiger charge is -2.20. The van der Waals surface area contributed by atoms with Crippen molar-refractivity contribution in [2.45, 2.75) is 43.5 Å². The number of hydrogen-bond acceptors (Lipinski definition) is 3. The number of sulfonamides is 1. The minimum atomic E-state index is -3.46. The SMILES string of the molecule is CC(NS(=O)(=O)c1cncc(Br)c1)C1CCCC1. The van der Waals surface area contributed by atoms with Gasteiger partial charge in [0.05, 0.1) is 0 Å². The molecule has 0 aromatic carbocycles. The second-order valence-corrected chi connectivity index (χ2v) is 7.42. The Hall–Kier alpha value is -0.460. The first kappa shape index (κ1) is 14.0. The lowest BCUT2D eigenvalue weighted by molar-refractivity contribution is 0.424. The fourth-order valence-corrected chi connectivity index (χ4v) is 4.22. The highest BCUT2D eigenvalue weighted by atomic mass is 79.9. The van der Waals surface area contributed by atoms with Crippen molar-refractivity contribution in [1.82, 2.24) is 9.71 Å². The number of aromatic nitrogens is 1. The van der Waals surface area contributed by atoms with Gasteiger partial charge in [-0.15, -0.1) is 0 Å². The average Bonchev–Trinajstić information content (AvgIpc) is 2.82. The summed E-state index contributed by atoms with van der Waals surface area (Å²) in [6, 6.07) is 1.55. The molecule has 1 unspecified atom stereocenters. The van der Waals surface area contributed by atoms with E-state index in [2.05, 4.69) is 25.6 Å². The van der Waals surface area contributed by atoms with E-state index in [9.17, 15) is 8.42 Å². The van der Waals surface area contributed by atoms with E-state index in [1.165, 1.54) is 19.0 Å².